The Kier molecular flexibility index (Phi) is 6.73. The summed E-state index contributed by atoms with van der Waals surface area (Å²) < 4.78 is 2.06. The van der Waals surface area contributed by atoms with Crippen LogP contribution in [0.4, 0.5) is 10.9 Å². The van der Waals surface area contributed by atoms with Crippen molar-refractivity contribution >= 4 is 77.5 Å². The number of thiophene rings is 3. The average Bonchev–Trinajstić information content (AvgIpc) is 3.85. The number of anilines is 2. The number of nitrogens with zero attached hydrogens (tertiary/aromatic N) is 5. The Morgan fingerprint density at radius 1 is 0.909 bits per heavy atom. The summed E-state index contributed by atoms with van der Waals surface area (Å²) in [5.74, 6) is 0.565. The predicted octanol–water partition coefficient (Wildman–Crippen LogP) is 8.42. The van der Waals surface area contributed by atoms with Crippen molar-refractivity contribution in [1.29, 1.82) is 0 Å². The summed E-state index contributed by atoms with van der Waals surface area (Å²) in [5, 5.41) is 5.15. The molecule has 0 aliphatic heterocycles. The summed E-state index contributed by atoms with van der Waals surface area (Å²) >= 11 is 5.10. The van der Waals surface area contributed by atoms with Crippen molar-refractivity contribution < 1.29 is 0 Å². The fourth-order valence-corrected chi connectivity index (χ4v) is 9.06. The number of hydrogen-bond donors (Lipinski definition) is 2. The lowest BCUT2D eigenvalue weighted by atomic mass is 9.97. The van der Waals surface area contributed by atoms with Gasteiger partial charge < -0.3 is 14.9 Å². The highest BCUT2D eigenvalue weighted by Crippen LogP contribution is 2.47. The molecule has 8 rings (SSSR count). The normalized spacial score (nSPS) is 13.5. The molecule has 0 amide bonds. The lowest BCUT2D eigenvalue weighted by Crippen LogP contribution is -2.03. The van der Waals surface area contributed by atoms with E-state index in [4.69, 9.17) is 4.98 Å². The smallest absolute Gasteiger partial charge is 0.259 e. The SMILES string of the molecule is Cc1sc(Nc2ncc3ncn(Cc4ccccc4)c3n2)cc1C1=C(c2cc(-c3cc4c(=O)[nH]cnc4s3)sc2C)CCC1. The molecule has 6 aromatic heterocycles. The molecular weight excluding hydrogens is 607 g/mol. The molecule has 218 valence electrons. The number of aryl methyl sites for hydroxylation is 2. The van der Waals surface area contributed by atoms with Crippen molar-refractivity contribution in [3.63, 3.8) is 0 Å². The molecule has 6 heterocycles. The van der Waals surface area contributed by atoms with Gasteiger partial charge in [0.1, 0.15) is 10.3 Å². The lowest BCUT2D eigenvalue weighted by molar-refractivity contribution is 0.814. The minimum Gasteiger partial charge on any atom is -0.316 e. The summed E-state index contributed by atoms with van der Waals surface area (Å²) in [6.45, 7) is 5.10. The number of rotatable bonds is 7. The van der Waals surface area contributed by atoms with E-state index in [1.165, 1.54) is 48.8 Å². The molecular formula is C33H27N7OS3. The summed E-state index contributed by atoms with van der Waals surface area (Å²) in [5.41, 5.74) is 8.16. The van der Waals surface area contributed by atoms with Crippen molar-refractivity contribution in [1.82, 2.24) is 29.5 Å². The summed E-state index contributed by atoms with van der Waals surface area (Å²) in [6, 6.07) is 16.9. The summed E-state index contributed by atoms with van der Waals surface area (Å²) in [7, 11) is 0. The van der Waals surface area contributed by atoms with Crippen LogP contribution in [0.2, 0.25) is 0 Å². The standard InChI is InChI=1S/C33H27N7OS3/c1-18-23(11-27(42-18)28-12-25-31(41)35-16-36-32(25)44-28)21-9-6-10-22(21)24-13-29(43-19(24)2)38-33-34-14-26-30(39-33)40(17-37-26)15-20-7-4-3-5-8-20/h3-5,7-8,11-14,16-17H,6,9-10,15H2,1-2H3,(H,34,38,39)(H,35,36,41). The van der Waals surface area contributed by atoms with Gasteiger partial charge in [-0.15, -0.1) is 34.0 Å². The molecule has 1 aliphatic carbocycles. The summed E-state index contributed by atoms with van der Waals surface area (Å²) in [6.07, 6.45) is 8.34. The second-order valence-corrected chi connectivity index (χ2v) is 14.5. The fraction of sp³-hybridized carbons (Fsp3) is 0.182. The molecule has 0 fully saturated rings. The van der Waals surface area contributed by atoms with Gasteiger partial charge in [0.05, 0.1) is 35.8 Å². The van der Waals surface area contributed by atoms with Crippen LogP contribution in [-0.4, -0.2) is 29.5 Å². The van der Waals surface area contributed by atoms with Crippen LogP contribution in [0.25, 0.3) is 42.3 Å². The van der Waals surface area contributed by atoms with Gasteiger partial charge in [-0.1, -0.05) is 30.3 Å². The quantitative estimate of drug-likeness (QED) is 0.183. The number of fused-ring (bicyclic) bond motifs is 2. The number of benzene rings is 1. The molecule has 2 N–H and O–H groups in total. The maximum absolute atomic E-state index is 12.3. The van der Waals surface area contributed by atoms with Crippen molar-refractivity contribution in [2.24, 2.45) is 0 Å². The Hall–Kier alpha value is -4.45. The summed E-state index contributed by atoms with van der Waals surface area (Å²) in [4.78, 5) is 38.8. The maximum Gasteiger partial charge on any atom is 0.259 e. The number of allylic oxidation sites excluding steroid dienone is 2. The van der Waals surface area contributed by atoms with E-state index < -0.39 is 0 Å². The Morgan fingerprint density at radius 2 is 1.68 bits per heavy atom. The largest absolute Gasteiger partial charge is 0.316 e. The van der Waals surface area contributed by atoms with Gasteiger partial charge in [-0.2, -0.15) is 4.98 Å². The number of H-pyrrole nitrogens is 1. The third-order valence-corrected chi connectivity index (χ3v) is 11.3. The number of imidazole rings is 1. The first-order chi connectivity index (χ1) is 21.5. The van der Waals surface area contributed by atoms with Crippen LogP contribution in [-0.2, 0) is 6.54 Å². The molecule has 1 aromatic carbocycles. The van der Waals surface area contributed by atoms with Crippen molar-refractivity contribution in [3.05, 3.63) is 104 Å². The van der Waals surface area contributed by atoms with Crippen LogP contribution in [0.15, 0.2) is 72.2 Å². The number of hydrogen-bond acceptors (Lipinski definition) is 9. The molecule has 0 saturated heterocycles. The van der Waals surface area contributed by atoms with Crippen LogP contribution in [0.5, 0.6) is 0 Å². The van der Waals surface area contributed by atoms with Gasteiger partial charge in [-0.25, -0.2) is 15.0 Å². The Balaban J connectivity index is 1.09. The molecule has 0 unspecified atom stereocenters. The third-order valence-electron chi connectivity index (χ3n) is 8.07. The highest BCUT2D eigenvalue weighted by molar-refractivity contribution is 7.25. The van der Waals surface area contributed by atoms with Gasteiger partial charge in [-0.3, -0.25) is 4.79 Å². The van der Waals surface area contributed by atoms with E-state index in [1.54, 1.807) is 40.2 Å². The van der Waals surface area contributed by atoms with Crippen LogP contribution < -0.4 is 10.9 Å². The molecule has 8 nitrogen and oxygen atoms in total. The Labute approximate surface area is 264 Å². The van der Waals surface area contributed by atoms with Gasteiger partial charge in [0, 0.05) is 19.5 Å². The van der Waals surface area contributed by atoms with E-state index in [1.807, 2.05) is 30.6 Å². The van der Waals surface area contributed by atoms with E-state index in [0.717, 1.165) is 45.1 Å². The van der Waals surface area contributed by atoms with Gasteiger partial charge in [0.15, 0.2) is 5.65 Å². The molecule has 0 spiro atoms. The average molecular weight is 634 g/mol. The molecule has 7 aromatic rings. The first kappa shape index (κ1) is 27.1. The molecule has 0 atom stereocenters. The van der Waals surface area contributed by atoms with Crippen molar-refractivity contribution in [3.8, 4) is 9.75 Å². The van der Waals surface area contributed by atoms with E-state index in [9.17, 15) is 4.79 Å². The minimum atomic E-state index is -0.0905. The Morgan fingerprint density at radius 3 is 2.50 bits per heavy atom. The maximum atomic E-state index is 12.3. The number of aromatic nitrogens is 6. The minimum absolute atomic E-state index is 0.0905. The molecule has 1 aliphatic rings. The molecule has 11 heteroatoms. The van der Waals surface area contributed by atoms with Crippen LogP contribution in [0.3, 0.4) is 0 Å². The zero-order valence-electron chi connectivity index (χ0n) is 24.0. The molecule has 44 heavy (non-hydrogen) atoms. The van der Waals surface area contributed by atoms with Gasteiger partial charge in [0.25, 0.3) is 5.56 Å². The third kappa shape index (κ3) is 4.86. The van der Waals surface area contributed by atoms with Gasteiger partial charge in [-0.05, 0) is 79.1 Å². The van der Waals surface area contributed by atoms with Crippen molar-refractivity contribution in [2.45, 2.75) is 39.7 Å². The predicted molar refractivity (Wildman–Crippen MR) is 182 cm³/mol. The van der Waals surface area contributed by atoms with Gasteiger partial charge in [0.2, 0.25) is 5.95 Å². The number of aromatic amines is 1. The van der Waals surface area contributed by atoms with E-state index >= 15 is 0 Å². The lowest BCUT2D eigenvalue weighted by Gasteiger charge is -2.07. The van der Waals surface area contributed by atoms with Crippen molar-refractivity contribution in [2.75, 3.05) is 5.32 Å². The molecule has 0 saturated carbocycles. The zero-order chi connectivity index (χ0) is 29.8. The topological polar surface area (TPSA) is 101 Å². The second kappa shape index (κ2) is 10.9. The molecule has 0 radical (unpaired) electrons. The van der Waals surface area contributed by atoms with E-state index in [-0.39, 0.29) is 5.56 Å². The highest BCUT2D eigenvalue weighted by Gasteiger charge is 2.24. The number of nitrogens with one attached hydrogen (secondary N) is 2. The van der Waals surface area contributed by atoms with E-state index in [2.05, 4.69) is 67.9 Å². The monoisotopic (exact) mass is 633 g/mol. The first-order valence-electron chi connectivity index (χ1n) is 14.4. The highest BCUT2D eigenvalue weighted by atomic mass is 32.1. The molecule has 0 bridgehead atoms. The van der Waals surface area contributed by atoms with Crippen LogP contribution >= 0.6 is 34.0 Å². The van der Waals surface area contributed by atoms with Crippen LogP contribution in [0.1, 0.15) is 45.7 Å². The first-order valence-corrected chi connectivity index (χ1v) is 16.8. The second-order valence-electron chi connectivity index (χ2n) is 10.9. The van der Waals surface area contributed by atoms with Crippen LogP contribution in [0, 0.1) is 13.8 Å². The zero-order valence-corrected chi connectivity index (χ0v) is 26.5. The van der Waals surface area contributed by atoms with E-state index in [0.29, 0.717) is 17.9 Å². The Bertz CT molecular complexity index is 2270. The fourth-order valence-electron chi connectivity index (χ4n) is 6.00. The van der Waals surface area contributed by atoms with Gasteiger partial charge >= 0.3 is 0 Å².